The second-order valence-electron chi connectivity index (χ2n) is 6.70. The van der Waals surface area contributed by atoms with Gasteiger partial charge in [-0.25, -0.2) is 14.6 Å². The molecule has 4 aromatic rings. The lowest BCUT2D eigenvalue weighted by Gasteiger charge is -2.08. The topological polar surface area (TPSA) is 73.8 Å². The molecule has 0 atom stereocenters. The van der Waals surface area contributed by atoms with Crippen molar-refractivity contribution in [3.63, 3.8) is 0 Å². The van der Waals surface area contributed by atoms with Crippen LogP contribution in [-0.2, 0) is 11.3 Å². The van der Waals surface area contributed by atoms with Gasteiger partial charge in [-0.1, -0.05) is 0 Å². The first-order chi connectivity index (χ1) is 12.9. The van der Waals surface area contributed by atoms with E-state index >= 15 is 0 Å². The van der Waals surface area contributed by atoms with Gasteiger partial charge < -0.3 is 13.6 Å². The van der Waals surface area contributed by atoms with E-state index in [1.165, 1.54) is 6.07 Å². The third-order valence-electron chi connectivity index (χ3n) is 4.63. The van der Waals surface area contributed by atoms with E-state index in [9.17, 15) is 9.59 Å². The van der Waals surface area contributed by atoms with Gasteiger partial charge in [-0.2, -0.15) is 0 Å². The first kappa shape index (κ1) is 17.0. The highest BCUT2D eigenvalue weighted by Crippen LogP contribution is 2.22. The molecule has 0 saturated heterocycles. The molecule has 27 heavy (non-hydrogen) atoms. The fourth-order valence-electron chi connectivity index (χ4n) is 3.00. The van der Waals surface area contributed by atoms with Crippen LogP contribution in [0.1, 0.15) is 32.7 Å². The molecule has 0 aliphatic carbocycles. The second kappa shape index (κ2) is 6.39. The average Bonchev–Trinajstić information content (AvgIpc) is 3.04. The highest BCUT2D eigenvalue weighted by molar-refractivity contribution is 5.88. The van der Waals surface area contributed by atoms with Crippen LogP contribution in [0.25, 0.3) is 16.6 Å². The number of nitrogens with zero attached hydrogens (tertiary/aromatic N) is 2. The average molecular weight is 362 g/mol. The minimum atomic E-state index is -0.540. The third kappa shape index (κ3) is 3.21. The predicted octanol–water partition coefficient (Wildman–Crippen LogP) is 3.72. The zero-order valence-corrected chi connectivity index (χ0v) is 15.3. The van der Waals surface area contributed by atoms with Gasteiger partial charge in [0.1, 0.15) is 17.8 Å². The van der Waals surface area contributed by atoms with Crippen molar-refractivity contribution in [1.82, 2.24) is 9.38 Å². The summed E-state index contributed by atoms with van der Waals surface area (Å²) in [4.78, 5) is 28.6. The lowest BCUT2D eigenvalue weighted by molar-refractivity contribution is 0.0467. The summed E-state index contributed by atoms with van der Waals surface area (Å²) >= 11 is 0. The third-order valence-corrected chi connectivity index (χ3v) is 4.63. The Kier molecular flexibility index (Phi) is 4.03. The van der Waals surface area contributed by atoms with Crippen LogP contribution < -0.4 is 5.63 Å². The van der Waals surface area contributed by atoms with E-state index in [0.717, 1.165) is 22.1 Å². The van der Waals surface area contributed by atoms with Crippen LogP contribution in [0.15, 0.2) is 51.9 Å². The van der Waals surface area contributed by atoms with E-state index in [1.807, 2.05) is 51.2 Å². The van der Waals surface area contributed by atoms with Gasteiger partial charge in [0.05, 0.1) is 0 Å². The van der Waals surface area contributed by atoms with Crippen LogP contribution in [-0.4, -0.2) is 15.4 Å². The summed E-state index contributed by atoms with van der Waals surface area (Å²) in [6.07, 6.45) is 3.47. The van der Waals surface area contributed by atoms with Gasteiger partial charge in [-0.3, -0.25) is 0 Å². The Hall–Kier alpha value is -3.41. The molecule has 0 saturated carbocycles. The molecule has 0 unspecified atom stereocenters. The van der Waals surface area contributed by atoms with Crippen molar-refractivity contribution in [2.45, 2.75) is 27.4 Å². The first-order valence-electron chi connectivity index (χ1n) is 8.57. The molecular formula is C21H18N2O4. The largest absolute Gasteiger partial charge is 0.456 e. The lowest BCUT2D eigenvalue weighted by Crippen LogP contribution is -2.08. The molecular weight excluding hydrogens is 344 g/mol. The summed E-state index contributed by atoms with van der Waals surface area (Å²) in [5.74, 6) is -0.540. The predicted molar refractivity (Wildman–Crippen MR) is 101 cm³/mol. The van der Waals surface area contributed by atoms with Crippen molar-refractivity contribution in [2.24, 2.45) is 0 Å². The van der Waals surface area contributed by atoms with Crippen LogP contribution >= 0.6 is 0 Å². The Morgan fingerprint density at radius 1 is 1.15 bits per heavy atom. The quantitative estimate of drug-likeness (QED) is 0.410. The molecule has 0 bridgehead atoms. The number of esters is 1. The van der Waals surface area contributed by atoms with Crippen LogP contribution in [0.5, 0.6) is 0 Å². The van der Waals surface area contributed by atoms with E-state index < -0.39 is 11.6 Å². The molecule has 3 heterocycles. The lowest BCUT2D eigenvalue weighted by atomic mass is 10.0. The van der Waals surface area contributed by atoms with Gasteiger partial charge in [0.15, 0.2) is 5.69 Å². The number of pyridine rings is 1. The van der Waals surface area contributed by atoms with Gasteiger partial charge >= 0.3 is 11.6 Å². The number of rotatable bonds is 3. The molecule has 136 valence electrons. The first-order valence-corrected chi connectivity index (χ1v) is 8.57. The number of imidazole rings is 1. The Bertz CT molecular complexity index is 1250. The van der Waals surface area contributed by atoms with Crippen LogP contribution in [0, 0.1) is 20.8 Å². The van der Waals surface area contributed by atoms with Crippen molar-refractivity contribution in [3.05, 3.63) is 81.1 Å². The minimum absolute atomic E-state index is 0.0314. The maximum absolute atomic E-state index is 12.4. The molecule has 0 N–H and O–H groups in total. The zero-order chi connectivity index (χ0) is 19.1. The Morgan fingerprint density at radius 3 is 2.74 bits per heavy atom. The molecule has 0 radical (unpaired) electrons. The summed E-state index contributed by atoms with van der Waals surface area (Å²) in [7, 11) is 0. The summed E-state index contributed by atoms with van der Waals surface area (Å²) in [6.45, 7) is 5.86. The number of hydrogen-bond donors (Lipinski definition) is 0. The van der Waals surface area contributed by atoms with Crippen molar-refractivity contribution in [2.75, 3.05) is 0 Å². The molecule has 0 aliphatic heterocycles. The van der Waals surface area contributed by atoms with Crippen LogP contribution in [0.3, 0.4) is 0 Å². The maximum atomic E-state index is 12.4. The van der Waals surface area contributed by atoms with Crippen LogP contribution in [0.2, 0.25) is 0 Å². The van der Waals surface area contributed by atoms with Gasteiger partial charge in [-0.15, -0.1) is 0 Å². The van der Waals surface area contributed by atoms with Gasteiger partial charge in [0.25, 0.3) is 0 Å². The highest BCUT2D eigenvalue weighted by Gasteiger charge is 2.15. The Balaban J connectivity index is 1.63. The van der Waals surface area contributed by atoms with Crippen molar-refractivity contribution < 1.29 is 13.9 Å². The van der Waals surface area contributed by atoms with Crippen molar-refractivity contribution >= 4 is 22.6 Å². The number of carbonyl (C=O) groups excluding carboxylic acids is 1. The summed E-state index contributed by atoms with van der Waals surface area (Å²) in [6, 6.07) is 8.94. The molecule has 3 aromatic heterocycles. The normalized spacial score (nSPS) is 11.2. The highest BCUT2D eigenvalue weighted by atomic mass is 16.5. The molecule has 6 nitrogen and oxygen atoms in total. The number of fused-ring (bicyclic) bond motifs is 2. The summed E-state index contributed by atoms with van der Waals surface area (Å²) in [5.41, 5.74) is 4.68. The second-order valence-corrected chi connectivity index (χ2v) is 6.70. The number of hydrogen-bond acceptors (Lipinski definition) is 5. The van der Waals surface area contributed by atoms with E-state index in [-0.39, 0.29) is 12.3 Å². The molecule has 0 fully saturated rings. The number of carbonyl (C=O) groups is 1. The molecule has 0 spiro atoms. The number of aromatic nitrogens is 2. The molecule has 6 heteroatoms. The van der Waals surface area contributed by atoms with Gasteiger partial charge in [0.2, 0.25) is 0 Å². The van der Waals surface area contributed by atoms with Gasteiger partial charge in [0, 0.05) is 29.4 Å². The molecule has 0 aliphatic rings. The van der Waals surface area contributed by atoms with E-state index in [0.29, 0.717) is 16.8 Å². The maximum Gasteiger partial charge on any atom is 0.358 e. The fourth-order valence-corrected chi connectivity index (χ4v) is 3.00. The zero-order valence-electron chi connectivity index (χ0n) is 15.3. The van der Waals surface area contributed by atoms with E-state index in [4.69, 9.17) is 9.15 Å². The molecule has 1 aromatic carbocycles. The summed E-state index contributed by atoms with van der Waals surface area (Å²) < 4.78 is 12.4. The summed E-state index contributed by atoms with van der Waals surface area (Å²) in [5, 5.41) is 0.760. The van der Waals surface area contributed by atoms with Crippen molar-refractivity contribution in [3.8, 4) is 0 Å². The molecule has 0 amide bonds. The van der Waals surface area contributed by atoms with E-state index in [2.05, 4.69) is 4.98 Å². The fraction of sp³-hybridized carbons (Fsp3) is 0.190. The minimum Gasteiger partial charge on any atom is -0.456 e. The van der Waals surface area contributed by atoms with Crippen molar-refractivity contribution in [1.29, 1.82) is 0 Å². The van der Waals surface area contributed by atoms with Gasteiger partial charge in [-0.05, 0) is 61.7 Å². The molecule has 4 rings (SSSR count). The monoisotopic (exact) mass is 362 g/mol. The number of benzene rings is 1. The van der Waals surface area contributed by atoms with Crippen LogP contribution in [0.4, 0.5) is 0 Å². The SMILES string of the molecule is Cc1ccn2cc(C(=O)OCc3cc(=O)oc4cc(C)c(C)cc34)nc2c1. The number of aryl methyl sites for hydroxylation is 3. The smallest absolute Gasteiger partial charge is 0.358 e. The Labute approximate surface area is 155 Å². The standard InChI is InChI=1S/C21H18N2O4/c1-12-4-5-23-10-17(22-19(23)6-12)21(25)26-11-15-9-20(24)27-18-8-14(3)13(2)7-16(15)18/h4-10H,11H2,1-3H3. The number of ether oxygens (including phenoxy) is 1. The Morgan fingerprint density at radius 2 is 1.93 bits per heavy atom. The van der Waals surface area contributed by atoms with E-state index in [1.54, 1.807) is 10.6 Å².